The number of amides is 1. The van der Waals surface area contributed by atoms with E-state index in [4.69, 9.17) is 4.74 Å². The van der Waals surface area contributed by atoms with Crippen molar-refractivity contribution in [2.75, 3.05) is 18.4 Å². The van der Waals surface area contributed by atoms with Crippen LogP contribution in [0.1, 0.15) is 35.3 Å². The molecule has 3 aromatic rings. The molecule has 0 spiro atoms. The van der Waals surface area contributed by atoms with Crippen LogP contribution in [0.4, 0.5) is 5.82 Å². The van der Waals surface area contributed by atoms with Gasteiger partial charge in [-0.3, -0.25) is 9.78 Å². The number of aromatic nitrogens is 2. The number of hydrogen-bond acceptors (Lipinski definition) is 6. The maximum absolute atomic E-state index is 13.0. The summed E-state index contributed by atoms with van der Waals surface area (Å²) in [4.78, 5) is 21.2. The monoisotopic (exact) mass is 454 g/mol. The molecule has 0 radical (unpaired) electrons. The third-order valence-corrected chi connectivity index (χ3v) is 7.11. The molecule has 168 valence electrons. The Morgan fingerprint density at radius 2 is 1.78 bits per heavy atom. The number of nitrogens with one attached hydrogen (secondary N) is 1. The van der Waals surface area contributed by atoms with Crippen LogP contribution in [-0.4, -0.2) is 41.7 Å². The zero-order valence-electron chi connectivity index (χ0n) is 18.3. The SMILES string of the molecule is CCN(CC)S(=O)(=O)c1cc(C(=O)Nc2ncccc2OCc2ccncc2)ccc1C. The van der Waals surface area contributed by atoms with Crippen molar-refractivity contribution in [1.29, 1.82) is 0 Å². The Morgan fingerprint density at radius 1 is 1.06 bits per heavy atom. The summed E-state index contributed by atoms with van der Waals surface area (Å²) >= 11 is 0. The van der Waals surface area contributed by atoms with Crippen molar-refractivity contribution in [2.24, 2.45) is 0 Å². The Balaban J connectivity index is 1.83. The molecule has 2 heterocycles. The van der Waals surface area contributed by atoms with Gasteiger partial charge in [-0.25, -0.2) is 13.4 Å². The summed E-state index contributed by atoms with van der Waals surface area (Å²) in [6.45, 7) is 6.25. The fraction of sp³-hybridized carbons (Fsp3) is 0.261. The van der Waals surface area contributed by atoms with E-state index < -0.39 is 15.9 Å². The number of nitrogens with zero attached hydrogens (tertiary/aromatic N) is 3. The lowest BCUT2D eigenvalue weighted by Crippen LogP contribution is -2.31. The summed E-state index contributed by atoms with van der Waals surface area (Å²) in [5, 5.41) is 2.72. The van der Waals surface area contributed by atoms with Crippen molar-refractivity contribution in [1.82, 2.24) is 14.3 Å². The molecule has 8 nitrogen and oxygen atoms in total. The molecule has 0 aliphatic heterocycles. The highest BCUT2D eigenvalue weighted by molar-refractivity contribution is 7.89. The molecule has 0 unspecified atom stereocenters. The van der Waals surface area contributed by atoms with Crippen LogP contribution in [-0.2, 0) is 16.6 Å². The first-order chi connectivity index (χ1) is 15.4. The van der Waals surface area contributed by atoms with Crippen LogP contribution in [0.25, 0.3) is 0 Å². The molecule has 0 bridgehead atoms. The molecular formula is C23H26N4O4S. The minimum Gasteiger partial charge on any atom is -0.485 e. The molecular weight excluding hydrogens is 428 g/mol. The summed E-state index contributed by atoms with van der Waals surface area (Å²) in [5.41, 5.74) is 1.71. The summed E-state index contributed by atoms with van der Waals surface area (Å²) in [6, 6.07) is 11.7. The minimum absolute atomic E-state index is 0.115. The number of carbonyl (C=O) groups is 1. The second kappa shape index (κ2) is 10.3. The van der Waals surface area contributed by atoms with Gasteiger partial charge in [0, 0.05) is 37.2 Å². The molecule has 0 aliphatic rings. The molecule has 0 aliphatic carbocycles. The Bertz CT molecular complexity index is 1180. The molecule has 1 N–H and O–H groups in total. The maximum Gasteiger partial charge on any atom is 0.256 e. The number of anilines is 1. The van der Waals surface area contributed by atoms with Gasteiger partial charge in [-0.1, -0.05) is 19.9 Å². The van der Waals surface area contributed by atoms with Crippen LogP contribution >= 0.6 is 0 Å². The quantitative estimate of drug-likeness (QED) is 0.530. The predicted octanol–water partition coefficient (Wildman–Crippen LogP) is 3.65. The van der Waals surface area contributed by atoms with Gasteiger partial charge in [0.05, 0.1) is 4.90 Å². The first-order valence-electron chi connectivity index (χ1n) is 10.3. The van der Waals surface area contributed by atoms with Gasteiger partial charge < -0.3 is 10.1 Å². The van der Waals surface area contributed by atoms with Gasteiger partial charge in [0.1, 0.15) is 6.61 Å². The standard InChI is InChI=1S/C23H26N4O4S/c1-4-27(5-2)32(29,30)21-15-19(9-8-17(21)3)23(28)26-22-20(7-6-12-25-22)31-16-18-10-13-24-14-11-18/h6-15H,4-5,16H2,1-3H3,(H,25,26,28). The molecule has 1 amide bonds. The Hall–Kier alpha value is -3.30. The molecule has 32 heavy (non-hydrogen) atoms. The van der Waals surface area contributed by atoms with Gasteiger partial charge in [-0.05, 0) is 54.4 Å². The first kappa shape index (κ1) is 23.4. The van der Waals surface area contributed by atoms with Gasteiger partial charge in [0.25, 0.3) is 5.91 Å². The lowest BCUT2D eigenvalue weighted by Gasteiger charge is -2.20. The first-order valence-corrected chi connectivity index (χ1v) is 11.7. The van der Waals surface area contributed by atoms with Gasteiger partial charge in [-0.2, -0.15) is 4.31 Å². The second-order valence-corrected chi connectivity index (χ2v) is 8.92. The normalized spacial score (nSPS) is 11.4. The van der Waals surface area contributed by atoms with Crippen LogP contribution in [0, 0.1) is 6.92 Å². The smallest absolute Gasteiger partial charge is 0.256 e. The van der Waals surface area contributed by atoms with Crippen molar-refractivity contribution < 1.29 is 17.9 Å². The molecule has 1 aromatic carbocycles. The van der Waals surface area contributed by atoms with E-state index in [0.717, 1.165) is 5.56 Å². The predicted molar refractivity (Wildman–Crippen MR) is 122 cm³/mol. The van der Waals surface area contributed by atoms with Crippen molar-refractivity contribution in [2.45, 2.75) is 32.3 Å². The van der Waals surface area contributed by atoms with Crippen LogP contribution < -0.4 is 10.1 Å². The van der Waals surface area contributed by atoms with E-state index >= 15 is 0 Å². The van der Waals surface area contributed by atoms with Gasteiger partial charge in [-0.15, -0.1) is 0 Å². The summed E-state index contributed by atoms with van der Waals surface area (Å²) in [6.07, 6.45) is 4.89. The van der Waals surface area contributed by atoms with Gasteiger partial charge in [0.2, 0.25) is 10.0 Å². The Labute approximate surface area is 188 Å². The van der Waals surface area contributed by atoms with E-state index in [9.17, 15) is 13.2 Å². The van der Waals surface area contributed by atoms with Crippen LogP contribution in [0.15, 0.2) is 66.0 Å². The van der Waals surface area contributed by atoms with Crippen molar-refractivity contribution >= 4 is 21.7 Å². The summed E-state index contributed by atoms with van der Waals surface area (Å²) in [7, 11) is -3.70. The van der Waals surface area contributed by atoms with Gasteiger partial charge in [0.15, 0.2) is 11.6 Å². The van der Waals surface area contributed by atoms with Crippen molar-refractivity contribution in [3.05, 3.63) is 77.7 Å². The van der Waals surface area contributed by atoms with E-state index in [1.165, 1.54) is 10.4 Å². The number of pyridine rings is 2. The topological polar surface area (TPSA) is 101 Å². The second-order valence-electron chi connectivity index (χ2n) is 7.02. The number of ether oxygens (including phenoxy) is 1. The summed E-state index contributed by atoms with van der Waals surface area (Å²) in [5.74, 6) is 0.175. The maximum atomic E-state index is 13.0. The molecule has 0 saturated carbocycles. The number of sulfonamides is 1. The molecule has 3 rings (SSSR count). The average molecular weight is 455 g/mol. The lowest BCUT2D eigenvalue weighted by molar-refractivity contribution is 0.102. The molecule has 0 saturated heterocycles. The Kier molecular flexibility index (Phi) is 7.55. The number of carbonyl (C=O) groups excluding carboxylic acids is 1. The largest absolute Gasteiger partial charge is 0.485 e. The highest BCUT2D eigenvalue weighted by Crippen LogP contribution is 2.25. The van der Waals surface area contributed by atoms with Crippen molar-refractivity contribution in [3.63, 3.8) is 0 Å². The van der Waals surface area contributed by atoms with E-state index in [2.05, 4.69) is 15.3 Å². The highest BCUT2D eigenvalue weighted by Gasteiger charge is 2.25. The molecule has 0 atom stereocenters. The number of benzene rings is 1. The van der Waals surface area contributed by atoms with Crippen molar-refractivity contribution in [3.8, 4) is 5.75 Å². The number of hydrogen-bond donors (Lipinski definition) is 1. The number of aryl methyl sites for hydroxylation is 1. The van der Waals surface area contributed by atoms with E-state index in [0.29, 0.717) is 24.4 Å². The molecule has 2 aromatic heterocycles. The average Bonchev–Trinajstić information content (AvgIpc) is 2.80. The van der Waals surface area contributed by atoms with Crippen LogP contribution in [0.5, 0.6) is 5.75 Å². The zero-order valence-corrected chi connectivity index (χ0v) is 19.1. The number of rotatable bonds is 9. The minimum atomic E-state index is -3.70. The third kappa shape index (κ3) is 5.30. The zero-order chi connectivity index (χ0) is 23.1. The molecule has 0 fully saturated rings. The van der Waals surface area contributed by atoms with Gasteiger partial charge >= 0.3 is 0 Å². The van der Waals surface area contributed by atoms with Crippen LogP contribution in [0.2, 0.25) is 0 Å². The van der Waals surface area contributed by atoms with E-state index in [-0.39, 0.29) is 22.9 Å². The Morgan fingerprint density at radius 3 is 2.47 bits per heavy atom. The fourth-order valence-electron chi connectivity index (χ4n) is 3.14. The van der Waals surface area contributed by atoms with Crippen LogP contribution in [0.3, 0.4) is 0 Å². The third-order valence-electron chi connectivity index (χ3n) is 4.92. The van der Waals surface area contributed by atoms with E-state index in [1.807, 2.05) is 12.1 Å². The highest BCUT2D eigenvalue weighted by atomic mass is 32.2. The molecule has 9 heteroatoms. The fourth-order valence-corrected chi connectivity index (χ4v) is 4.85. The van der Waals surface area contributed by atoms with E-state index in [1.54, 1.807) is 63.6 Å². The lowest BCUT2D eigenvalue weighted by atomic mass is 10.1. The summed E-state index contributed by atoms with van der Waals surface area (Å²) < 4.78 is 33.1.